The molecule has 0 amide bonds. The van der Waals surface area contributed by atoms with E-state index >= 15 is 0 Å². The molecule has 0 radical (unpaired) electrons. The van der Waals surface area contributed by atoms with Gasteiger partial charge in [-0.3, -0.25) is 0 Å². The van der Waals surface area contributed by atoms with Crippen LogP contribution in [0.25, 0.3) is 0 Å². The number of hydrogen-bond donors (Lipinski definition) is 1. The fourth-order valence-electron chi connectivity index (χ4n) is 1.74. The Hall–Kier alpha value is -0.510. The van der Waals surface area contributed by atoms with E-state index in [9.17, 15) is 13.2 Å². The van der Waals surface area contributed by atoms with Crippen molar-refractivity contribution in [3.63, 3.8) is 0 Å². The zero-order valence-electron chi connectivity index (χ0n) is 9.83. The van der Waals surface area contributed by atoms with Crippen molar-refractivity contribution in [3.05, 3.63) is 16.5 Å². The minimum Gasteiger partial charge on any atom is -0.475 e. The van der Waals surface area contributed by atoms with Gasteiger partial charge in [0.05, 0.1) is 0 Å². The predicted octanol–water partition coefficient (Wildman–Crippen LogP) is 1.87. The molecule has 0 unspecified atom stereocenters. The fourth-order valence-corrected chi connectivity index (χ4v) is 5.12. The maximum atomic E-state index is 12.4. The average Bonchev–Trinajstić information content (AvgIpc) is 2.59. The van der Waals surface area contributed by atoms with Gasteiger partial charge >= 0.3 is 5.97 Å². The molecule has 9 heteroatoms. The molecule has 2 rings (SSSR count). The smallest absolute Gasteiger partial charge is 0.371 e. The molecule has 1 saturated heterocycles. The Labute approximate surface area is 123 Å². The van der Waals surface area contributed by atoms with Crippen LogP contribution in [0.4, 0.5) is 0 Å². The van der Waals surface area contributed by atoms with Crippen molar-refractivity contribution < 1.29 is 22.7 Å². The molecule has 0 bridgehead atoms. The number of halogens is 1. The molecule has 1 aliphatic rings. The third-order valence-electron chi connectivity index (χ3n) is 2.67. The molecule has 6 nitrogen and oxygen atoms in total. The van der Waals surface area contributed by atoms with Crippen molar-refractivity contribution in [2.75, 3.05) is 24.6 Å². The van der Waals surface area contributed by atoms with Crippen LogP contribution in [0.15, 0.2) is 20.0 Å². The standard InChI is InChI=1S/C10H12BrNO5S2/c11-9-8(6-7(17-9)10(13)14)19(15,16)12-2-1-4-18-5-3-12/h6H,1-5H2,(H,13,14). The van der Waals surface area contributed by atoms with Gasteiger partial charge in [-0.2, -0.15) is 16.1 Å². The number of nitrogens with zero attached hydrogens (tertiary/aromatic N) is 1. The van der Waals surface area contributed by atoms with E-state index in [2.05, 4.69) is 15.9 Å². The molecule has 0 aliphatic carbocycles. The Bertz CT molecular complexity index is 575. The van der Waals surface area contributed by atoms with Gasteiger partial charge in [0, 0.05) is 24.9 Å². The van der Waals surface area contributed by atoms with Gasteiger partial charge in [-0.1, -0.05) is 0 Å². The van der Waals surface area contributed by atoms with Crippen molar-refractivity contribution >= 4 is 43.7 Å². The SMILES string of the molecule is O=C(O)c1cc(S(=O)(=O)N2CCCSCC2)c(Br)o1. The van der Waals surface area contributed by atoms with Crippen molar-refractivity contribution in [3.8, 4) is 0 Å². The van der Waals surface area contributed by atoms with E-state index in [0.29, 0.717) is 13.1 Å². The predicted molar refractivity (Wildman–Crippen MR) is 74.1 cm³/mol. The van der Waals surface area contributed by atoms with Gasteiger partial charge < -0.3 is 9.52 Å². The summed E-state index contributed by atoms with van der Waals surface area (Å²) in [7, 11) is -3.71. The number of hydrogen-bond acceptors (Lipinski definition) is 5. The zero-order valence-corrected chi connectivity index (χ0v) is 13.1. The quantitative estimate of drug-likeness (QED) is 0.874. The molecule has 0 saturated carbocycles. The number of carbonyl (C=O) groups is 1. The van der Waals surface area contributed by atoms with Crippen LogP contribution >= 0.6 is 27.7 Å². The number of carboxylic acids is 1. The van der Waals surface area contributed by atoms with Gasteiger partial charge in [-0.15, -0.1) is 0 Å². The normalized spacial score (nSPS) is 18.2. The highest BCUT2D eigenvalue weighted by Gasteiger charge is 2.31. The summed E-state index contributed by atoms with van der Waals surface area (Å²) in [6.07, 6.45) is 0.783. The summed E-state index contributed by atoms with van der Waals surface area (Å²) in [5, 5.41) is 8.82. The van der Waals surface area contributed by atoms with Crippen molar-refractivity contribution in [1.82, 2.24) is 4.31 Å². The van der Waals surface area contributed by atoms with E-state index in [-0.39, 0.29) is 9.56 Å². The summed E-state index contributed by atoms with van der Waals surface area (Å²) in [6, 6.07) is 1.04. The third kappa shape index (κ3) is 3.15. The maximum Gasteiger partial charge on any atom is 0.371 e. The van der Waals surface area contributed by atoms with Crippen LogP contribution in [-0.2, 0) is 10.0 Å². The van der Waals surface area contributed by atoms with Crippen LogP contribution < -0.4 is 0 Å². The molecule has 1 fully saturated rings. The van der Waals surface area contributed by atoms with Crippen LogP contribution in [0.5, 0.6) is 0 Å². The van der Waals surface area contributed by atoms with Crippen molar-refractivity contribution in [2.24, 2.45) is 0 Å². The topological polar surface area (TPSA) is 87.8 Å². The molecule has 0 spiro atoms. The summed E-state index contributed by atoms with van der Waals surface area (Å²) in [4.78, 5) is 10.7. The number of furan rings is 1. The van der Waals surface area contributed by atoms with Gasteiger partial charge in [0.15, 0.2) is 4.67 Å². The van der Waals surface area contributed by atoms with E-state index in [1.165, 1.54) is 4.31 Å². The molecule has 1 aromatic rings. The molecular weight excluding hydrogens is 358 g/mol. The lowest BCUT2D eigenvalue weighted by Crippen LogP contribution is -2.33. The van der Waals surface area contributed by atoms with Gasteiger partial charge in [0.25, 0.3) is 0 Å². The van der Waals surface area contributed by atoms with Crippen LogP contribution in [-0.4, -0.2) is 48.4 Å². The highest BCUT2D eigenvalue weighted by Crippen LogP contribution is 2.29. The summed E-state index contributed by atoms with van der Waals surface area (Å²) in [5.41, 5.74) is 0. The second kappa shape index (κ2) is 5.86. The maximum absolute atomic E-state index is 12.4. The van der Waals surface area contributed by atoms with Crippen LogP contribution in [0.1, 0.15) is 17.0 Å². The Morgan fingerprint density at radius 2 is 2.16 bits per heavy atom. The molecule has 0 atom stereocenters. The molecule has 2 heterocycles. The van der Waals surface area contributed by atoms with Gasteiger partial charge in [0.2, 0.25) is 15.8 Å². The van der Waals surface area contributed by atoms with Crippen LogP contribution in [0.2, 0.25) is 0 Å². The van der Waals surface area contributed by atoms with Crippen molar-refractivity contribution in [1.29, 1.82) is 0 Å². The molecule has 1 aliphatic heterocycles. The van der Waals surface area contributed by atoms with Crippen LogP contribution in [0, 0.1) is 0 Å². The lowest BCUT2D eigenvalue weighted by Gasteiger charge is -2.18. The van der Waals surface area contributed by atoms with Crippen molar-refractivity contribution in [2.45, 2.75) is 11.3 Å². The van der Waals surface area contributed by atoms with E-state index in [0.717, 1.165) is 24.0 Å². The number of thioether (sulfide) groups is 1. The first-order chi connectivity index (χ1) is 8.93. The molecular formula is C10H12BrNO5S2. The molecule has 1 N–H and O–H groups in total. The van der Waals surface area contributed by atoms with Gasteiger partial charge in [-0.25, -0.2) is 13.2 Å². The number of carboxylic acid groups (broad SMARTS) is 1. The fraction of sp³-hybridized carbons (Fsp3) is 0.500. The Morgan fingerprint density at radius 3 is 2.79 bits per heavy atom. The van der Waals surface area contributed by atoms with Gasteiger partial charge in [-0.05, 0) is 28.1 Å². The van der Waals surface area contributed by atoms with E-state index in [4.69, 9.17) is 9.52 Å². The largest absolute Gasteiger partial charge is 0.475 e. The number of sulfonamides is 1. The first kappa shape index (κ1) is 14.9. The Balaban J connectivity index is 2.35. The van der Waals surface area contributed by atoms with E-state index in [1.54, 1.807) is 11.8 Å². The minimum atomic E-state index is -3.71. The second-order valence-electron chi connectivity index (χ2n) is 3.92. The minimum absolute atomic E-state index is 0.0678. The van der Waals surface area contributed by atoms with Crippen LogP contribution in [0.3, 0.4) is 0 Å². The molecule has 1 aromatic heterocycles. The summed E-state index contributed by atoms with van der Waals surface area (Å²) < 4.78 is 31.1. The summed E-state index contributed by atoms with van der Waals surface area (Å²) >= 11 is 4.68. The zero-order chi connectivity index (χ0) is 14.0. The Kier molecular flexibility index (Phi) is 4.59. The molecule has 0 aromatic carbocycles. The average molecular weight is 370 g/mol. The summed E-state index contributed by atoms with van der Waals surface area (Å²) in [5.74, 6) is -0.0254. The third-order valence-corrected chi connectivity index (χ3v) is 6.47. The second-order valence-corrected chi connectivity index (χ2v) is 7.78. The summed E-state index contributed by atoms with van der Waals surface area (Å²) in [6.45, 7) is 0.863. The van der Waals surface area contributed by atoms with Gasteiger partial charge in [0.1, 0.15) is 4.90 Å². The molecule has 106 valence electrons. The monoisotopic (exact) mass is 369 g/mol. The van der Waals surface area contributed by atoms with E-state index in [1.807, 2.05) is 0 Å². The molecule has 19 heavy (non-hydrogen) atoms. The number of rotatable bonds is 3. The lowest BCUT2D eigenvalue weighted by atomic mass is 10.5. The number of aromatic carboxylic acids is 1. The Morgan fingerprint density at radius 1 is 1.42 bits per heavy atom. The lowest BCUT2D eigenvalue weighted by molar-refractivity contribution is 0.0661. The highest BCUT2D eigenvalue weighted by molar-refractivity contribution is 9.10. The first-order valence-corrected chi connectivity index (χ1v) is 8.92. The highest BCUT2D eigenvalue weighted by atomic mass is 79.9. The first-order valence-electron chi connectivity index (χ1n) is 5.53. The van der Waals surface area contributed by atoms with E-state index < -0.39 is 21.8 Å².